The van der Waals surface area contributed by atoms with E-state index in [9.17, 15) is 4.79 Å². The van der Waals surface area contributed by atoms with Gasteiger partial charge in [-0.3, -0.25) is 4.79 Å². The fourth-order valence-electron chi connectivity index (χ4n) is 3.22. The highest BCUT2D eigenvalue weighted by atomic mass is 16.5. The van der Waals surface area contributed by atoms with E-state index in [0.717, 1.165) is 16.9 Å². The number of amides is 1. The van der Waals surface area contributed by atoms with Crippen LogP contribution < -0.4 is 19.5 Å². The summed E-state index contributed by atoms with van der Waals surface area (Å²) < 4.78 is 21.8. The van der Waals surface area contributed by atoms with E-state index in [0.29, 0.717) is 37.7 Å². The summed E-state index contributed by atoms with van der Waals surface area (Å²) in [6, 6.07) is 13.4. The zero-order valence-corrected chi connectivity index (χ0v) is 16.6. The highest BCUT2D eigenvalue weighted by Gasteiger charge is 2.27. The monoisotopic (exact) mass is 385 g/mol. The molecule has 28 heavy (non-hydrogen) atoms. The fourth-order valence-corrected chi connectivity index (χ4v) is 3.22. The van der Waals surface area contributed by atoms with E-state index in [1.165, 1.54) is 0 Å². The molecule has 6 nitrogen and oxygen atoms in total. The second kappa shape index (κ2) is 9.46. The third-order valence-corrected chi connectivity index (χ3v) is 4.84. The van der Waals surface area contributed by atoms with Crippen molar-refractivity contribution >= 4 is 5.91 Å². The number of methoxy groups -OCH3 is 2. The number of rotatable bonds is 8. The predicted octanol–water partition coefficient (Wildman–Crippen LogP) is 3.15. The summed E-state index contributed by atoms with van der Waals surface area (Å²) in [5.41, 5.74) is 2.02. The number of benzene rings is 2. The molecule has 1 N–H and O–H groups in total. The normalized spacial score (nSPS) is 16.5. The van der Waals surface area contributed by atoms with Crippen LogP contribution in [-0.2, 0) is 16.0 Å². The van der Waals surface area contributed by atoms with Gasteiger partial charge in [0.15, 0.2) is 11.5 Å². The second-order valence-corrected chi connectivity index (χ2v) is 6.80. The lowest BCUT2D eigenvalue weighted by atomic mass is 9.95. The van der Waals surface area contributed by atoms with Crippen molar-refractivity contribution in [1.82, 2.24) is 5.32 Å². The number of fused-ring (bicyclic) bond motifs is 1. The second-order valence-electron chi connectivity index (χ2n) is 6.80. The van der Waals surface area contributed by atoms with E-state index in [1.807, 2.05) is 49.4 Å². The van der Waals surface area contributed by atoms with Gasteiger partial charge in [-0.2, -0.15) is 0 Å². The summed E-state index contributed by atoms with van der Waals surface area (Å²) in [6.07, 6.45) is 0.685. The Morgan fingerprint density at radius 3 is 2.79 bits per heavy atom. The van der Waals surface area contributed by atoms with Crippen molar-refractivity contribution in [2.45, 2.75) is 19.4 Å². The topological polar surface area (TPSA) is 66.0 Å². The third kappa shape index (κ3) is 4.75. The first-order valence-electron chi connectivity index (χ1n) is 9.43. The van der Waals surface area contributed by atoms with Crippen LogP contribution in [0, 0.1) is 5.92 Å². The van der Waals surface area contributed by atoms with Crippen molar-refractivity contribution in [3.63, 3.8) is 0 Å². The number of carbonyl (C=O) groups excluding carboxylic acids is 1. The first-order chi connectivity index (χ1) is 13.6. The first kappa shape index (κ1) is 20.0. The molecule has 2 aromatic carbocycles. The molecule has 2 aromatic rings. The van der Waals surface area contributed by atoms with Crippen LogP contribution in [0.3, 0.4) is 0 Å². The molecule has 1 aliphatic rings. The fraction of sp³-hybridized carbons (Fsp3) is 0.409. The number of para-hydroxylation sites is 1. The SMILES string of the molecule is COCCOc1ccc(C(C)NC(=O)C2COc3ccccc3C2)cc1OC. The van der Waals surface area contributed by atoms with Crippen molar-refractivity contribution in [2.24, 2.45) is 5.92 Å². The van der Waals surface area contributed by atoms with Crippen molar-refractivity contribution < 1.29 is 23.7 Å². The Bertz CT molecular complexity index is 807. The summed E-state index contributed by atoms with van der Waals surface area (Å²) in [5, 5.41) is 3.08. The number of nitrogens with one attached hydrogen (secondary N) is 1. The molecule has 3 rings (SSSR count). The average molecular weight is 385 g/mol. The predicted molar refractivity (Wildman–Crippen MR) is 106 cm³/mol. The van der Waals surface area contributed by atoms with Gasteiger partial charge in [0.1, 0.15) is 19.0 Å². The van der Waals surface area contributed by atoms with Gasteiger partial charge in [-0.1, -0.05) is 24.3 Å². The van der Waals surface area contributed by atoms with Crippen LogP contribution >= 0.6 is 0 Å². The van der Waals surface area contributed by atoms with Gasteiger partial charge in [0.25, 0.3) is 0 Å². The highest BCUT2D eigenvalue weighted by Crippen LogP contribution is 2.31. The minimum Gasteiger partial charge on any atom is -0.493 e. The summed E-state index contributed by atoms with van der Waals surface area (Å²) in [5.74, 6) is 1.94. The smallest absolute Gasteiger partial charge is 0.227 e. The number of carbonyl (C=O) groups is 1. The molecule has 0 saturated carbocycles. The Hall–Kier alpha value is -2.73. The van der Waals surface area contributed by atoms with Gasteiger partial charge in [-0.15, -0.1) is 0 Å². The molecule has 0 spiro atoms. The van der Waals surface area contributed by atoms with E-state index >= 15 is 0 Å². The molecule has 0 fully saturated rings. The Labute approximate surface area is 165 Å². The van der Waals surface area contributed by atoms with Crippen LogP contribution in [0.5, 0.6) is 17.2 Å². The first-order valence-corrected chi connectivity index (χ1v) is 9.43. The number of hydrogen-bond acceptors (Lipinski definition) is 5. The summed E-state index contributed by atoms with van der Waals surface area (Å²) in [4.78, 5) is 12.7. The van der Waals surface area contributed by atoms with Crippen LogP contribution in [0.25, 0.3) is 0 Å². The van der Waals surface area contributed by atoms with Gasteiger partial charge in [0.2, 0.25) is 5.91 Å². The lowest BCUT2D eigenvalue weighted by molar-refractivity contribution is -0.126. The summed E-state index contributed by atoms with van der Waals surface area (Å²) in [6.45, 7) is 3.30. The molecule has 0 aromatic heterocycles. The number of hydrogen-bond donors (Lipinski definition) is 1. The van der Waals surface area contributed by atoms with Gasteiger partial charge in [-0.25, -0.2) is 0 Å². The van der Waals surface area contributed by atoms with Crippen LogP contribution in [-0.4, -0.2) is 39.9 Å². The maximum atomic E-state index is 12.7. The highest BCUT2D eigenvalue weighted by molar-refractivity contribution is 5.80. The van der Waals surface area contributed by atoms with Crippen LogP contribution in [0.1, 0.15) is 24.1 Å². The van der Waals surface area contributed by atoms with Gasteiger partial charge in [0, 0.05) is 7.11 Å². The van der Waals surface area contributed by atoms with Crippen molar-refractivity contribution in [2.75, 3.05) is 34.0 Å². The van der Waals surface area contributed by atoms with Gasteiger partial charge >= 0.3 is 0 Å². The molecule has 2 unspecified atom stereocenters. The van der Waals surface area contributed by atoms with Gasteiger partial charge in [-0.05, 0) is 42.7 Å². The van der Waals surface area contributed by atoms with Crippen molar-refractivity contribution in [3.8, 4) is 17.2 Å². The Morgan fingerprint density at radius 2 is 2.00 bits per heavy atom. The van der Waals surface area contributed by atoms with Gasteiger partial charge in [0.05, 0.1) is 25.7 Å². The molecule has 1 aliphatic heterocycles. The average Bonchev–Trinajstić information content (AvgIpc) is 2.73. The van der Waals surface area contributed by atoms with E-state index in [2.05, 4.69) is 5.32 Å². The van der Waals surface area contributed by atoms with Crippen LogP contribution in [0.15, 0.2) is 42.5 Å². The van der Waals surface area contributed by atoms with E-state index < -0.39 is 0 Å². The van der Waals surface area contributed by atoms with Crippen molar-refractivity contribution in [3.05, 3.63) is 53.6 Å². The lowest BCUT2D eigenvalue weighted by Gasteiger charge is -2.26. The molecule has 0 radical (unpaired) electrons. The molecule has 150 valence electrons. The molecular formula is C22H27NO5. The minimum absolute atomic E-state index is 0.0126. The molecule has 6 heteroatoms. The minimum atomic E-state index is -0.198. The van der Waals surface area contributed by atoms with E-state index in [4.69, 9.17) is 18.9 Å². The Morgan fingerprint density at radius 1 is 1.18 bits per heavy atom. The Balaban J connectivity index is 1.62. The van der Waals surface area contributed by atoms with E-state index in [-0.39, 0.29) is 17.9 Å². The van der Waals surface area contributed by atoms with Crippen LogP contribution in [0.2, 0.25) is 0 Å². The molecule has 0 aliphatic carbocycles. The molecule has 1 amide bonds. The Kier molecular flexibility index (Phi) is 6.76. The molecule has 0 bridgehead atoms. The standard InChI is InChI=1S/C22H27NO5/c1-15(16-8-9-20(21(13-16)26-3)27-11-10-25-2)23-22(24)18-12-17-6-4-5-7-19(17)28-14-18/h4-9,13,15,18H,10-12,14H2,1-3H3,(H,23,24). The maximum Gasteiger partial charge on any atom is 0.227 e. The zero-order valence-electron chi connectivity index (χ0n) is 16.6. The number of ether oxygens (including phenoxy) is 4. The van der Waals surface area contributed by atoms with Crippen molar-refractivity contribution in [1.29, 1.82) is 0 Å². The lowest BCUT2D eigenvalue weighted by Crippen LogP contribution is -2.38. The largest absolute Gasteiger partial charge is 0.493 e. The maximum absolute atomic E-state index is 12.7. The van der Waals surface area contributed by atoms with E-state index in [1.54, 1.807) is 14.2 Å². The summed E-state index contributed by atoms with van der Waals surface area (Å²) >= 11 is 0. The quantitative estimate of drug-likeness (QED) is 0.707. The third-order valence-electron chi connectivity index (χ3n) is 4.84. The van der Waals surface area contributed by atoms with Gasteiger partial charge < -0.3 is 24.3 Å². The molecule has 0 saturated heterocycles. The molecule has 1 heterocycles. The van der Waals surface area contributed by atoms with Crippen LogP contribution in [0.4, 0.5) is 0 Å². The molecular weight excluding hydrogens is 358 g/mol. The molecule has 2 atom stereocenters. The zero-order chi connectivity index (χ0) is 19.9. The summed E-state index contributed by atoms with van der Waals surface area (Å²) in [7, 11) is 3.23.